The Morgan fingerprint density at radius 3 is 2.62 bits per heavy atom. The highest BCUT2D eigenvalue weighted by molar-refractivity contribution is 5.76. The average molecular weight is 190 g/mol. The molecule has 0 bridgehead atoms. The zero-order valence-corrected chi connectivity index (χ0v) is 7.90. The van der Waals surface area contributed by atoms with Crippen LogP contribution in [0.2, 0.25) is 0 Å². The monoisotopic (exact) mass is 190 g/mol. The summed E-state index contributed by atoms with van der Waals surface area (Å²) >= 11 is 0. The predicted octanol–water partition coefficient (Wildman–Crippen LogP) is -1.02. The number of aliphatic hydroxyl groups excluding tert-OH is 1. The van der Waals surface area contributed by atoms with Gasteiger partial charge in [-0.2, -0.15) is 0 Å². The Morgan fingerprint density at radius 2 is 2.15 bits per heavy atom. The van der Waals surface area contributed by atoms with Crippen molar-refractivity contribution in [3.8, 4) is 0 Å². The molecule has 0 aliphatic heterocycles. The molecule has 0 rings (SSSR count). The first-order valence-corrected chi connectivity index (χ1v) is 4.40. The minimum atomic E-state index is -0.946. The maximum Gasteiger partial charge on any atom is 0.325 e. The lowest BCUT2D eigenvalue weighted by atomic mass is 10.2. The molecule has 0 spiro atoms. The van der Waals surface area contributed by atoms with Gasteiger partial charge in [-0.25, -0.2) is 0 Å². The van der Waals surface area contributed by atoms with Gasteiger partial charge in [-0.3, -0.25) is 4.79 Å². The Hall–Kier alpha value is -0.650. The van der Waals surface area contributed by atoms with Crippen LogP contribution >= 0.6 is 0 Å². The molecule has 0 saturated carbocycles. The van der Waals surface area contributed by atoms with E-state index in [1.165, 1.54) is 6.92 Å². The number of nitrogens with two attached hydrogens (primary N) is 2. The van der Waals surface area contributed by atoms with Gasteiger partial charge >= 0.3 is 5.97 Å². The van der Waals surface area contributed by atoms with Crippen molar-refractivity contribution in [3.63, 3.8) is 0 Å². The van der Waals surface area contributed by atoms with Gasteiger partial charge in [-0.1, -0.05) is 0 Å². The molecule has 13 heavy (non-hydrogen) atoms. The van der Waals surface area contributed by atoms with Crippen LogP contribution in [0, 0.1) is 0 Å². The quantitative estimate of drug-likeness (QED) is 0.367. The van der Waals surface area contributed by atoms with Gasteiger partial charge in [0.2, 0.25) is 0 Å². The topological polar surface area (TPSA) is 98.6 Å². The molecule has 2 atom stereocenters. The summed E-state index contributed by atoms with van der Waals surface area (Å²) in [5.41, 5.74) is 10.6. The van der Waals surface area contributed by atoms with Crippen molar-refractivity contribution in [3.05, 3.63) is 0 Å². The summed E-state index contributed by atoms with van der Waals surface area (Å²) < 4.78 is 4.79. The van der Waals surface area contributed by atoms with E-state index in [9.17, 15) is 4.79 Å². The van der Waals surface area contributed by atoms with Crippen LogP contribution in [0.5, 0.6) is 0 Å². The summed E-state index contributed by atoms with van der Waals surface area (Å²) in [6.07, 6.45) is 0.674. The van der Waals surface area contributed by atoms with E-state index in [0.717, 1.165) is 12.8 Å². The van der Waals surface area contributed by atoms with E-state index < -0.39 is 18.1 Å². The van der Waals surface area contributed by atoms with E-state index >= 15 is 0 Å². The van der Waals surface area contributed by atoms with Crippen LogP contribution in [-0.4, -0.2) is 36.4 Å². The lowest BCUT2D eigenvalue weighted by Crippen LogP contribution is -2.41. The minimum Gasteiger partial charge on any atom is -0.464 e. The van der Waals surface area contributed by atoms with Crippen molar-refractivity contribution in [2.75, 3.05) is 13.2 Å². The number of hydrogen-bond donors (Lipinski definition) is 3. The van der Waals surface area contributed by atoms with Gasteiger partial charge in [0.05, 0.1) is 12.7 Å². The third kappa shape index (κ3) is 5.57. The fourth-order valence-electron chi connectivity index (χ4n) is 0.712. The zero-order chi connectivity index (χ0) is 10.3. The molecule has 0 unspecified atom stereocenters. The molecule has 0 radical (unpaired) electrons. The maximum absolute atomic E-state index is 11.0. The predicted molar refractivity (Wildman–Crippen MR) is 48.9 cm³/mol. The van der Waals surface area contributed by atoms with Gasteiger partial charge in [-0.15, -0.1) is 0 Å². The Kier molecular flexibility index (Phi) is 6.48. The van der Waals surface area contributed by atoms with E-state index in [1.807, 2.05) is 0 Å². The van der Waals surface area contributed by atoms with Crippen LogP contribution in [0.25, 0.3) is 0 Å². The number of hydrogen-bond acceptors (Lipinski definition) is 5. The Bertz CT molecular complexity index is 150. The van der Waals surface area contributed by atoms with E-state index in [0.29, 0.717) is 13.2 Å². The van der Waals surface area contributed by atoms with E-state index in [1.54, 1.807) is 0 Å². The molecule has 78 valence electrons. The third-order valence-corrected chi connectivity index (χ3v) is 1.63. The Morgan fingerprint density at radius 1 is 1.54 bits per heavy atom. The second-order valence-electron chi connectivity index (χ2n) is 2.93. The highest BCUT2D eigenvalue weighted by Crippen LogP contribution is 1.95. The average Bonchev–Trinajstić information content (AvgIpc) is 2.10. The molecule has 0 aromatic rings. The van der Waals surface area contributed by atoms with Crippen LogP contribution in [0.3, 0.4) is 0 Å². The number of carbonyl (C=O) groups excluding carboxylic acids is 1. The smallest absolute Gasteiger partial charge is 0.325 e. The van der Waals surface area contributed by atoms with Crippen molar-refractivity contribution >= 4 is 5.97 Å². The second kappa shape index (κ2) is 6.82. The molecule has 0 amide bonds. The molecule has 5 heteroatoms. The largest absolute Gasteiger partial charge is 0.464 e. The fourth-order valence-corrected chi connectivity index (χ4v) is 0.712. The van der Waals surface area contributed by atoms with Gasteiger partial charge in [-0.05, 0) is 26.3 Å². The van der Waals surface area contributed by atoms with Crippen LogP contribution < -0.4 is 11.5 Å². The Balaban J connectivity index is 3.50. The molecular formula is C8H18N2O3. The molecule has 0 aliphatic rings. The third-order valence-electron chi connectivity index (χ3n) is 1.63. The summed E-state index contributed by atoms with van der Waals surface area (Å²) in [7, 11) is 0. The molecule has 5 nitrogen and oxygen atoms in total. The minimum absolute atomic E-state index is 0.316. The number of esters is 1. The number of aliphatic hydroxyl groups is 1. The number of rotatable bonds is 6. The van der Waals surface area contributed by atoms with Gasteiger partial charge < -0.3 is 21.3 Å². The first kappa shape index (κ1) is 12.3. The van der Waals surface area contributed by atoms with Crippen molar-refractivity contribution in [2.45, 2.75) is 31.9 Å². The summed E-state index contributed by atoms with van der Waals surface area (Å²) in [4.78, 5) is 11.0. The highest BCUT2D eigenvalue weighted by Gasteiger charge is 2.19. The van der Waals surface area contributed by atoms with Gasteiger partial charge in [0, 0.05) is 0 Å². The Labute approximate surface area is 78.0 Å². The molecule has 0 aliphatic carbocycles. The van der Waals surface area contributed by atoms with Gasteiger partial charge in [0.15, 0.2) is 0 Å². The molecule has 5 N–H and O–H groups in total. The summed E-state index contributed by atoms with van der Waals surface area (Å²) in [5, 5.41) is 8.95. The van der Waals surface area contributed by atoms with Gasteiger partial charge in [0.25, 0.3) is 0 Å². The molecule has 0 heterocycles. The lowest BCUT2D eigenvalue weighted by molar-refractivity contribution is -0.147. The van der Waals surface area contributed by atoms with Crippen molar-refractivity contribution in [1.82, 2.24) is 0 Å². The molecule has 0 aromatic heterocycles. The number of carbonyl (C=O) groups is 1. The van der Waals surface area contributed by atoms with Crippen LogP contribution in [0.4, 0.5) is 0 Å². The molecule has 0 fully saturated rings. The van der Waals surface area contributed by atoms with Crippen LogP contribution in [0.15, 0.2) is 0 Å². The molecule has 0 aromatic carbocycles. The lowest BCUT2D eigenvalue weighted by Gasteiger charge is -2.13. The van der Waals surface area contributed by atoms with Crippen LogP contribution in [-0.2, 0) is 9.53 Å². The summed E-state index contributed by atoms with van der Waals surface area (Å²) in [6.45, 7) is 2.35. The van der Waals surface area contributed by atoms with E-state index in [-0.39, 0.29) is 0 Å². The zero-order valence-electron chi connectivity index (χ0n) is 7.90. The second-order valence-corrected chi connectivity index (χ2v) is 2.93. The van der Waals surface area contributed by atoms with Crippen molar-refractivity contribution < 1.29 is 14.6 Å². The molecule has 0 saturated heterocycles. The number of unbranched alkanes of at least 4 members (excludes halogenated alkanes) is 1. The normalized spacial score (nSPS) is 15.1. The summed E-state index contributed by atoms with van der Waals surface area (Å²) in [6, 6.07) is -0.946. The molecular weight excluding hydrogens is 172 g/mol. The highest BCUT2D eigenvalue weighted by atomic mass is 16.5. The SMILES string of the molecule is C[C@@H](O)[C@H](N)C(=O)OCCCCN. The number of ether oxygens (including phenoxy) is 1. The van der Waals surface area contributed by atoms with Crippen molar-refractivity contribution in [2.24, 2.45) is 11.5 Å². The van der Waals surface area contributed by atoms with Crippen LogP contribution in [0.1, 0.15) is 19.8 Å². The standard InChI is InChI=1S/C8H18N2O3/c1-6(11)7(10)8(12)13-5-3-2-4-9/h6-7,11H,2-5,9-10H2,1H3/t6-,7+/m1/s1. The fraction of sp³-hybridized carbons (Fsp3) is 0.875. The first-order valence-electron chi connectivity index (χ1n) is 4.40. The van der Waals surface area contributed by atoms with E-state index in [4.69, 9.17) is 21.3 Å². The van der Waals surface area contributed by atoms with E-state index in [2.05, 4.69) is 0 Å². The maximum atomic E-state index is 11.0. The van der Waals surface area contributed by atoms with Gasteiger partial charge in [0.1, 0.15) is 6.04 Å². The summed E-state index contributed by atoms with van der Waals surface area (Å²) in [5.74, 6) is -0.563. The van der Waals surface area contributed by atoms with Crippen molar-refractivity contribution in [1.29, 1.82) is 0 Å². The first-order chi connectivity index (χ1) is 6.09.